The largest absolute Gasteiger partial charge is 0.468 e. The van der Waals surface area contributed by atoms with Crippen LogP contribution < -0.4 is 5.32 Å². The summed E-state index contributed by atoms with van der Waals surface area (Å²) in [6.07, 6.45) is 0.360. The van der Waals surface area contributed by atoms with Crippen LogP contribution in [0.15, 0.2) is 18.2 Å². The van der Waals surface area contributed by atoms with Crippen LogP contribution in [0.2, 0.25) is 10.0 Å². The minimum atomic E-state index is -0.281. The number of ether oxygens (including phenoxy) is 1. The van der Waals surface area contributed by atoms with Gasteiger partial charge in [0, 0.05) is 24.1 Å². The number of amides is 1. The third-order valence-electron chi connectivity index (χ3n) is 3.35. The summed E-state index contributed by atoms with van der Waals surface area (Å²) in [7, 11) is 1.35. The minimum absolute atomic E-state index is 0.0458. The summed E-state index contributed by atoms with van der Waals surface area (Å²) in [6, 6.07) is 5.49. The highest BCUT2D eigenvalue weighted by atomic mass is 35.5. The summed E-state index contributed by atoms with van der Waals surface area (Å²) in [5, 5.41) is 3.93. The molecule has 0 atom stereocenters. The molecular weight excluding hydrogens is 357 g/mol. The molecule has 0 fully saturated rings. The van der Waals surface area contributed by atoms with E-state index in [4.69, 9.17) is 23.2 Å². The van der Waals surface area contributed by atoms with Crippen molar-refractivity contribution in [3.63, 3.8) is 0 Å². The molecular formula is C16H21Cl2NO3S. The van der Waals surface area contributed by atoms with Crippen molar-refractivity contribution in [3.05, 3.63) is 33.8 Å². The van der Waals surface area contributed by atoms with Crippen molar-refractivity contribution in [1.82, 2.24) is 5.32 Å². The molecule has 0 aliphatic rings. The number of benzene rings is 1. The molecule has 0 unspecified atom stereocenters. The first kappa shape index (κ1) is 20.1. The lowest BCUT2D eigenvalue weighted by molar-refractivity contribution is -0.137. The van der Waals surface area contributed by atoms with Crippen molar-refractivity contribution in [3.8, 4) is 0 Å². The van der Waals surface area contributed by atoms with Crippen molar-refractivity contribution < 1.29 is 14.3 Å². The Morgan fingerprint density at radius 1 is 1.26 bits per heavy atom. The monoisotopic (exact) mass is 377 g/mol. The van der Waals surface area contributed by atoms with Gasteiger partial charge in [0.25, 0.3) is 0 Å². The summed E-state index contributed by atoms with van der Waals surface area (Å²) >= 11 is 13.3. The molecule has 1 amide bonds. The Morgan fingerprint density at radius 3 is 2.57 bits per heavy atom. The Balaban J connectivity index is 2.41. The zero-order valence-corrected chi connectivity index (χ0v) is 15.8. The maximum Gasteiger partial charge on any atom is 0.315 e. The first-order valence-electron chi connectivity index (χ1n) is 7.13. The molecule has 0 saturated carbocycles. The molecule has 1 rings (SSSR count). The summed E-state index contributed by atoms with van der Waals surface area (Å²) < 4.78 is 4.54. The average molecular weight is 378 g/mol. The van der Waals surface area contributed by atoms with Gasteiger partial charge in [-0.1, -0.05) is 43.1 Å². The maximum absolute atomic E-state index is 11.9. The minimum Gasteiger partial charge on any atom is -0.468 e. The van der Waals surface area contributed by atoms with Crippen LogP contribution in [0.25, 0.3) is 0 Å². The van der Waals surface area contributed by atoms with Crippen molar-refractivity contribution >= 4 is 46.8 Å². The number of nitrogens with one attached hydrogen (secondary N) is 1. The SMILES string of the molecule is COC(=O)CSCCC(=O)NCC(C)(C)c1ccc(Cl)c(Cl)c1. The molecule has 0 saturated heterocycles. The maximum atomic E-state index is 11.9. The lowest BCUT2D eigenvalue weighted by Gasteiger charge is -2.26. The van der Waals surface area contributed by atoms with Gasteiger partial charge >= 0.3 is 5.97 Å². The molecule has 0 aliphatic heterocycles. The highest BCUT2D eigenvalue weighted by molar-refractivity contribution is 7.99. The standard InChI is InChI=1S/C16H21Cl2NO3S/c1-16(2,11-4-5-12(17)13(18)8-11)10-19-14(20)6-7-23-9-15(21)22-3/h4-5,8H,6-7,9-10H2,1-3H3,(H,19,20). The van der Waals surface area contributed by atoms with Crippen LogP contribution in [-0.4, -0.2) is 37.0 Å². The molecule has 0 bridgehead atoms. The Kier molecular flexibility index (Phi) is 8.23. The first-order valence-corrected chi connectivity index (χ1v) is 9.04. The van der Waals surface area contributed by atoms with Gasteiger partial charge in [0.15, 0.2) is 0 Å². The fourth-order valence-electron chi connectivity index (χ4n) is 1.81. The zero-order chi connectivity index (χ0) is 17.5. The smallest absolute Gasteiger partial charge is 0.315 e. The van der Waals surface area contributed by atoms with Crippen LogP contribution in [0.4, 0.5) is 0 Å². The summed E-state index contributed by atoms with van der Waals surface area (Å²) in [6.45, 7) is 4.54. The van der Waals surface area contributed by atoms with E-state index in [-0.39, 0.29) is 23.0 Å². The van der Waals surface area contributed by atoms with Gasteiger partial charge in [-0.15, -0.1) is 11.8 Å². The molecule has 1 N–H and O–H groups in total. The van der Waals surface area contributed by atoms with Crippen LogP contribution in [0.1, 0.15) is 25.8 Å². The number of hydrogen-bond acceptors (Lipinski definition) is 4. The Morgan fingerprint density at radius 2 is 1.96 bits per heavy atom. The van der Waals surface area contributed by atoms with E-state index >= 15 is 0 Å². The fourth-order valence-corrected chi connectivity index (χ4v) is 2.86. The number of methoxy groups -OCH3 is 1. The first-order chi connectivity index (χ1) is 10.8. The summed E-state index contributed by atoms with van der Waals surface area (Å²) in [4.78, 5) is 22.8. The highest BCUT2D eigenvalue weighted by Gasteiger charge is 2.22. The number of thioether (sulfide) groups is 1. The number of carbonyl (C=O) groups is 2. The number of carbonyl (C=O) groups excluding carboxylic acids is 2. The van der Waals surface area contributed by atoms with E-state index < -0.39 is 0 Å². The van der Waals surface area contributed by atoms with Crippen molar-refractivity contribution in [2.24, 2.45) is 0 Å². The molecule has 4 nitrogen and oxygen atoms in total. The Hall–Kier alpha value is -0.910. The predicted octanol–water partition coefficient (Wildman–Crippen LogP) is 3.68. The van der Waals surface area contributed by atoms with Crippen molar-refractivity contribution in [2.45, 2.75) is 25.7 Å². The lowest BCUT2D eigenvalue weighted by atomic mass is 9.84. The summed E-state index contributed by atoms with van der Waals surface area (Å²) in [5.41, 5.74) is 0.746. The van der Waals surface area contributed by atoms with Gasteiger partial charge in [0.1, 0.15) is 0 Å². The molecule has 7 heteroatoms. The molecule has 0 aliphatic carbocycles. The highest BCUT2D eigenvalue weighted by Crippen LogP contribution is 2.29. The second-order valence-electron chi connectivity index (χ2n) is 5.67. The summed E-state index contributed by atoms with van der Waals surface area (Å²) in [5.74, 6) is 0.513. The molecule has 0 heterocycles. The Labute approximate surface area is 151 Å². The van der Waals surface area contributed by atoms with Crippen molar-refractivity contribution in [1.29, 1.82) is 0 Å². The van der Waals surface area contributed by atoms with Gasteiger partial charge < -0.3 is 10.1 Å². The molecule has 23 heavy (non-hydrogen) atoms. The molecule has 128 valence electrons. The lowest BCUT2D eigenvalue weighted by Crippen LogP contribution is -2.36. The van der Waals surface area contributed by atoms with Gasteiger partial charge in [0.2, 0.25) is 5.91 Å². The van der Waals surface area contributed by atoms with Gasteiger partial charge in [-0.25, -0.2) is 0 Å². The average Bonchev–Trinajstić information content (AvgIpc) is 2.51. The quantitative estimate of drug-likeness (QED) is 0.554. The molecule has 0 radical (unpaired) electrons. The van der Waals surface area contributed by atoms with Gasteiger partial charge in [-0.2, -0.15) is 0 Å². The third kappa shape index (κ3) is 7.02. The molecule has 1 aromatic rings. The van der Waals surface area contributed by atoms with Gasteiger partial charge in [-0.05, 0) is 17.7 Å². The van der Waals surface area contributed by atoms with Crippen LogP contribution in [0, 0.1) is 0 Å². The fraction of sp³-hybridized carbons (Fsp3) is 0.500. The van der Waals surface area contributed by atoms with Crippen LogP contribution in [-0.2, 0) is 19.7 Å². The topological polar surface area (TPSA) is 55.4 Å². The number of rotatable bonds is 8. The number of esters is 1. The van der Waals surface area contributed by atoms with Crippen LogP contribution in [0.5, 0.6) is 0 Å². The van der Waals surface area contributed by atoms with E-state index in [2.05, 4.69) is 10.1 Å². The zero-order valence-electron chi connectivity index (χ0n) is 13.4. The predicted molar refractivity (Wildman–Crippen MR) is 96.5 cm³/mol. The van der Waals surface area contributed by atoms with Crippen molar-refractivity contribution in [2.75, 3.05) is 25.2 Å². The normalized spacial score (nSPS) is 11.2. The second-order valence-corrected chi connectivity index (χ2v) is 7.59. The van der Waals surface area contributed by atoms with E-state index in [9.17, 15) is 9.59 Å². The molecule has 0 aromatic heterocycles. The number of hydrogen-bond donors (Lipinski definition) is 1. The van der Waals surface area contributed by atoms with Crippen LogP contribution in [0.3, 0.4) is 0 Å². The van der Waals surface area contributed by atoms with Gasteiger partial charge in [-0.3, -0.25) is 9.59 Å². The van der Waals surface area contributed by atoms with E-state index in [0.29, 0.717) is 28.8 Å². The van der Waals surface area contributed by atoms with Gasteiger partial charge in [0.05, 0.1) is 22.9 Å². The van der Waals surface area contributed by atoms with E-state index in [1.54, 1.807) is 6.07 Å². The van der Waals surface area contributed by atoms with E-state index in [0.717, 1.165) is 5.56 Å². The Bertz CT molecular complexity index is 564. The van der Waals surface area contributed by atoms with E-state index in [1.807, 2.05) is 26.0 Å². The van der Waals surface area contributed by atoms with Crippen LogP contribution >= 0.6 is 35.0 Å². The van der Waals surface area contributed by atoms with E-state index in [1.165, 1.54) is 18.9 Å². The number of halogens is 2. The molecule has 1 aromatic carbocycles. The third-order valence-corrected chi connectivity index (χ3v) is 5.02. The second kappa shape index (κ2) is 9.40. The molecule has 0 spiro atoms.